The number of nitrogens with zero attached hydrogens (tertiary/aromatic N) is 2. The highest BCUT2D eigenvalue weighted by Gasteiger charge is 2.31. The van der Waals surface area contributed by atoms with Crippen LogP contribution in [0.4, 0.5) is 5.69 Å². The van der Waals surface area contributed by atoms with Crippen LogP contribution in [0.2, 0.25) is 10.3 Å². The Morgan fingerprint density at radius 1 is 1.39 bits per heavy atom. The number of aliphatic hydroxyl groups is 1. The molecule has 1 fully saturated rings. The van der Waals surface area contributed by atoms with Crippen LogP contribution in [0, 0.1) is 5.92 Å². The molecule has 0 radical (unpaired) electrons. The third-order valence-electron chi connectivity index (χ3n) is 3.53. The van der Waals surface area contributed by atoms with E-state index < -0.39 is 5.60 Å². The predicted molar refractivity (Wildman–Crippen MR) is 73.1 cm³/mol. The molecule has 0 atom stereocenters. The van der Waals surface area contributed by atoms with Gasteiger partial charge in [-0.2, -0.15) is 0 Å². The molecule has 0 aliphatic heterocycles. The first-order chi connectivity index (χ1) is 8.48. The standard InChI is InChI=1S/C12H17Cl2N3O/c1-8-2-4-12(18,5-3-8)7-15-9-6-10(13)16-17-11(9)14/h6,8,18H,2-5,7H2,1H3,(H,15,16). The average molecular weight is 290 g/mol. The third kappa shape index (κ3) is 3.46. The summed E-state index contributed by atoms with van der Waals surface area (Å²) in [6.45, 7) is 2.68. The van der Waals surface area contributed by atoms with Gasteiger partial charge < -0.3 is 10.4 Å². The number of rotatable bonds is 3. The molecule has 18 heavy (non-hydrogen) atoms. The molecule has 0 bridgehead atoms. The van der Waals surface area contributed by atoms with Gasteiger partial charge in [-0.25, -0.2) is 0 Å². The summed E-state index contributed by atoms with van der Waals surface area (Å²) in [4.78, 5) is 0. The van der Waals surface area contributed by atoms with E-state index in [4.69, 9.17) is 23.2 Å². The van der Waals surface area contributed by atoms with Crippen molar-refractivity contribution in [2.45, 2.75) is 38.2 Å². The second-order valence-electron chi connectivity index (χ2n) is 5.13. The maximum atomic E-state index is 10.4. The van der Waals surface area contributed by atoms with Crippen LogP contribution in [-0.2, 0) is 0 Å². The van der Waals surface area contributed by atoms with Gasteiger partial charge in [0.05, 0.1) is 11.3 Å². The first-order valence-electron chi connectivity index (χ1n) is 6.13. The molecule has 1 heterocycles. The van der Waals surface area contributed by atoms with Crippen molar-refractivity contribution in [3.8, 4) is 0 Å². The Labute approximate surface area is 117 Å². The minimum atomic E-state index is -0.661. The average Bonchev–Trinajstić information content (AvgIpc) is 2.35. The predicted octanol–water partition coefficient (Wildman–Crippen LogP) is 3.14. The van der Waals surface area contributed by atoms with E-state index in [1.54, 1.807) is 6.07 Å². The molecule has 6 heteroatoms. The number of hydrogen-bond acceptors (Lipinski definition) is 4. The molecular formula is C12H17Cl2N3O. The van der Waals surface area contributed by atoms with Crippen molar-refractivity contribution in [3.63, 3.8) is 0 Å². The number of nitrogens with one attached hydrogen (secondary N) is 1. The number of anilines is 1. The van der Waals surface area contributed by atoms with Crippen molar-refractivity contribution >= 4 is 28.9 Å². The number of halogens is 2. The molecule has 1 aromatic rings. The van der Waals surface area contributed by atoms with Crippen molar-refractivity contribution in [2.75, 3.05) is 11.9 Å². The van der Waals surface area contributed by atoms with Crippen LogP contribution in [0.3, 0.4) is 0 Å². The van der Waals surface area contributed by atoms with E-state index in [1.165, 1.54) is 0 Å². The third-order valence-corrected chi connectivity index (χ3v) is 4.00. The monoisotopic (exact) mass is 289 g/mol. The highest BCUT2D eigenvalue weighted by Crippen LogP contribution is 2.32. The Hall–Kier alpha value is -0.580. The summed E-state index contributed by atoms with van der Waals surface area (Å²) in [5.41, 5.74) is -0.0466. The van der Waals surface area contributed by atoms with Crippen LogP contribution in [0.25, 0.3) is 0 Å². The SMILES string of the molecule is CC1CCC(O)(CNc2cc(Cl)nnc2Cl)CC1. The zero-order valence-electron chi connectivity index (χ0n) is 10.3. The second kappa shape index (κ2) is 5.59. The fourth-order valence-corrected chi connectivity index (χ4v) is 2.52. The highest BCUT2D eigenvalue weighted by molar-refractivity contribution is 6.33. The van der Waals surface area contributed by atoms with Gasteiger partial charge in [-0.05, 0) is 31.6 Å². The van der Waals surface area contributed by atoms with E-state index in [0.717, 1.165) is 25.7 Å². The molecule has 0 saturated heterocycles. The molecule has 1 aromatic heterocycles. The van der Waals surface area contributed by atoms with Crippen molar-refractivity contribution in [2.24, 2.45) is 5.92 Å². The maximum Gasteiger partial charge on any atom is 0.174 e. The van der Waals surface area contributed by atoms with Gasteiger partial charge in [0.15, 0.2) is 10.3 Å². The fraction of sp³-hybridized carbons (Fsp3) is 0.667. The maximum absolute atomic E-state index is 10.4. The summed E-state index contributed by atoms with van der Waals surface area (Å²) in [6, 6.07) is 1.62. The van der Waals surface area contributed by atoms with Crippen LogP contribution in [-0.4, -0.2) is 27.4 Å². The van der Waals surface area contributed by atoms with Crippen molar-refractivity contribution < 1.29 is 5.11 Å². The van der Waals surface area contributed by atoms with Gasteiger partial charge in [0.25, 0.3) is 0 Å². The molecule has 100 valence electrons. The quantitative estimate of drug-likeness (QED) is 0.898. The molecule has 0 aromatic carbocycles. The lowest BCUT2D eigenvalue weighted by molar-refractivity contribution is 0.00501. The van der Waals surface area contributed by atoms with Crippen molar-refractivity contribution in [1.29, 1.82) is 0 Å². The van der Waals surface area contributed by atoms with Gasteiger partial charge in [0, 0.05) is 12.6 Å². The smallest absolute Gasteiger partial charge is 0.174 e. The molecule has 1 aliphatic carbocycles. The van der Waals surface area contributed by atoms with Gasteiger partial charge >= 0.3 is 0 Å². The molecule has 0 amide bonds. The normalized spacial score (nSPS) is 28.1. The first kappa shape index (κ1) is 13.8. The van der Waals surface area contributed by atoms with Crippen LogP contribution >= 0.6 is 23.2 Å². The van der Waals surface area contributed by atoms with Gasteiger partial charge in [-0.1, -0.05) is 30.1 Å². The molecule has 2 rings (SSSR count). The van der Waals surface area contributed by atoms with Crippen LogP contribution in [0.15, 0.2) is 6.07 Å². The molecule has 2 N–H and O–H groups in total. The van der Waals surface area contributed by atoms with Crippen LogP contribution in [0.1, 0.15) is 32.6 Å². The van der Waals surface area contributed by atoms with Crippen LogP contribution in [0.5, 0.6) is 0 Å². The Morgan fingerprint density at radius 2 is 2.06 bits per heavy atom. The molecule has 0 unspecified atom stereocenters. The van der Waals surface area contributed by atoms with Crippen LogP contribution < -0.4 is 5.32 Å². The lowest BCUT2D eigenvalue weighted by atomic mass is 9.79. The first-order valence-corrected chi connectivity index (χ1v) is 6.89. The highest BCUT2D eigenvalue weighted by atomic mass is 35.5. The molecule has 1 aliphatic rings. The number of hydrogen-bond donors (Lipinski definition) is 2. The summed E-state index contributed by atoms with van der Waals surface area (Å²) in [6.07, 6.45) is 3.73. The molecule has 0 spiro atoms. The van der Waals surface area contributed by atoms with E-state index in [-0.39, 0.29) is 10.3 Å². The second-order valence-corrected chi connectivity index (χ2v) is 5.88. The summed E-state index contributed by atoms with van der Waals surface area (Å²) >= 11 is 11.7. The zero-order valence-corrected chi connectivity index (χ0v) is 11.8. The van der Waals surface area contributed by atoms with Gasteiger partial charge in [-0.3, -0.25) is 0 Å². The Morgan fingerprint density at radius 3 is 2.72 bits per heavy atom. The zero-order chi connectivity index (χ0) is 13.2. The fourth-order valence-electron chi connectivity index (χ4n) is 2.21. The number of aromatic nitrogens is 2. The molecular weight excluding hydrogens is 273 g/mol. The summed E-state index contributed by atoms with van der Waals surface area (Å²) < 4.78 is 0. The topological polar surface area (TPSA) is 58.0 Å². The van der Waals surface area contributed by atoms with Crippen molar-refractivity contribution in [3.05, 3.63) is 16.4 Å². The lowest BCUT2D eigenvalue weighted by Crippen LogP contribution is -2.40. The Bertz CT molecular complexity index is 420. The Balaban J connectivity index is 1.96. The Kier molecular flexibility index (Phi) is 4.30. The van der Waals surface area contributed by atoms with E-state index in [1.807, 2.05) is 0 Å². The largest absolute Gasteiger partial charge is 0.388 e. The van der Waals surface area contributed by atoms with E-state index in [0.29, 0.717) is 18.2 Å². The van der Waals surface area contributed by atoms with E-state index in [9.17, 15) is 5.11 Å². The van der Waals surface area contributed by atoms with Gasteiger partial charge in [0.1, 0.15) is 0 Å². The van der Waals surface area contributed by atoms with E-state index >= 15 is 0 Å². The summed E-state index contributed by atoms with van der Waals surface area (Å²) in [5, 5.41) is 21.5. The lowest BCUT2D eigenvalue weighted by Gasteiger charge is -2.35. The minimum absolute atomic E-state index is 0.271. The molecule has 1 saturated carbocycles. The summed E-state index contributed by atoms with van der Waals surface area (Å²) in [7, 11) is 0. The molecule has 4 nitrogen and oxygen atoms in total. The van der Waals surface area contributed by atoms with Gasteiger partial charge in [-0.15, -0.1) is 10.2 Å². The minimum Gasteiger partial charge on any atom is -0.388 e. The van der Waals surface area contributed by atoms with Crippen molar-refractivity contribution in [1.82, 2.24) is 10.2 Å². The summed E-state index contributed by atoms with van der Waals surface area (Å²) in [5.74, 6) is 0.700. The van der Waals surface area contributed by atoms with Gasteiger partial charge in [0.2, 0.25) is 0 Å². The van der Waals surface area contributed by atoms with E-state index in [2.05, 4.69) is 22.4 Å².